The van der Waals surface area contributed by atoms with E-state index in [1.807, 2.05) is 13.0 Å². The number of allylic oxidation sites excluding steroid dienone is 2. The quantitative estimate of drug-likeness (QED) is 0.377. The summed E-state index contributed by atoms with van der Waals surface area (Å²) in [6.07, 6.45) is 3.84. The summed E-state index contributed by atoms with van der Waals surface area (Å²) in [4.78, 5) is 11.4. The molecule has 1 fully saturated rings. The van der Waals surface area contributed by atoms with E-state index in [-0.39, 0.29) is 11.2 Å². The Bertz CT molecular complexity index is 288. The second kappa shape index (κ2) is 5.97. The molecule has 0 N–H and O–H groups in total. The van der Waals surface area contributed by atoms with E-state index in [1.165, 1.54) is 0 Å². The molecule has 3 nitrogen and oxygen atoms in total. The predicted molar refractivity (Wildman–Crippen MR) is 63.3 cm³/mol. The zero-order chi connectivity index (χ0) is 12.0. The molecule has 90 valence electrons. The van der Waals surface area contributed by atoms with E-state index in [0.717, 1.165) is 18.8 Å². The second-order valence-electron chi connectivity index (χ2n) is 4.62. The molecule has 1 saturated heterocycles. The van der Waals surface area contributed by atoms with Crippen LogP contribution in [0.4, 0.5) is 0 Å². The minimum atomic E-state index is 0.108. The van der Waals surface area contributed by atoms with Crippen molar-refractivity contribution >= 4 is 5.78 Å². The molecule has 0 saturated carbocycles. The topological polar surface area (TPSA) is 35.5 Å². The maximum Gasteiger partial charge on any atom is 0.162 e. The zero-order valence-corrected chi connectivity index (χ0v) is 10.1. The lowest BCUT2D eigenvalue weighted by molar-refractivity contribution is -0.135. The van der Waals surface area contributed by atoms with E-state index in [2.05, 4.69) is 13.5 Å². The SMILES string of the molecule is C=CCC(=O)/C(C)=C/COCC1(C)COC1. The van der Waals surface area contributed by atoms with Gasteiger partial charge < -0.3 is 9.47 Å². The van der Waals surface area contributed by atoms with Gasteiger partial charge in [-0.3, -0.25) is 4.79 Å². The third-order valence-corrected chi connectivity index (χ3v) is 2.63. The summed E-state index contributed by atoms with van der Waals surface area (Å²) in [5, 5.41) is 0. The van der Waals surface area contributed by atoms with Gasteiger partial charge in [0.25, 0.3) is 0 Å². The van der Waals surface area contributed by atoms with Crippen molar-refractivity contribution < 1.29 is 14.3 Å². The first-order valence-electron chi connectivity index (χ1n) is 5.54. The molecular weight excluding hydrogens is 204 g/mol. The van der Waals surface area contributed by atoms with Crippen molar-refractivity contribution in [1.29, 1.82) is 0 Å². The summed E-state index contributed by atoms with van der Waals surface area (Å²) in [6, 6.07) is 0. The van der Waals surface area contributed by atoms with E-state index in [1.54, 1.807) is 6.08 Å². The molecular formula is C13H20O3. The van der Waals surface area contributed by atoms with Crippen LogP contribution in [0.25, 0.3) is 0 Å². The Morgan fingerprint density at radius 2 is 2.25 bits per heavy atom. The number of rotatable bonds is 7. The van der Waals surface area contributed by atoms with Gasteiger partial charge >= 0.3 is 0 Å². The number of hydrogen-bond acceptors (Lipinski definition) is 3. The third kappa shape index (κ3) is 3.91. The van der Waals surface area contributed by atoms with Gasteiger partial charge in [-0.15, -0.1) is 6.58 Å². The van der Waals surface area contributed by atoms with Crippen LogP contribution < -0.4 is 0 Å². The fraction of sp³-hybridized carbons (Fsp3) is 0.615. The summed E-state index contributed by atoms with van der Waals surface area (Å²) in [5.41, 5.74) is 0.919. The summed E-state index contributed by atoms with van der Waals surface area (Å²) in [7, 11) is 0. The summed E-state index contributed by atoms with van der Waals surface area (Å²) >= 11 is 0. The first-order chi connectivity index (χ1) is 7.57. The van der Waals surface area contributed by atoms with Crippen LogP contribution in [0.1, 0.15) is 20.3 Å². The van der Waals surface area contributed by atoms with Gasteiger partial charge in [-0.1, -0.05) is 19.1 Å². The van der Waals surface area contributed by atoms with Crippen LogP contribution in [0, 0.1) is 5.41 Å². The Morgan fingerprint density at radius 1 is 1.56 bits per heavy atom. The van der Waals surface area contributed by atoms with E-state index >= 15 is 0 Å². The van der Waals surface area contributed by atoms with Gasteiger partial charge in [-0.05, 0) is 12.5 Å². The van der Waals surface area contributed by atoms with Crippen molar-refractivity contribution in [2.75, 3.05) is 26.4 Å². The predicted octanol–water partition coefficient (Wildman–Crippen LogP) is 2.13. The Hall–Kier alpha value is -0.930. The molecule has 0 aromatic carbocycles. The molecule has 16 heavy (non-hydrogen) atoms. The fourth-order valence-electron chi connectivity index (χ4n) is 1.43. The molecule has 3 heteroatoms. The van der Waals surface area contributed by atoms with E-state index < -0.39 is 0 Å². The van der Waals surface area contributed by atoms with Crippen molar-refractivity contribution in [3.63, 3.8) is 0 Å². The molecule has 1 aliphatic rings. The van der Waals surface area contributed by atoms with Crippen molar-refractivity contribution in [3.05, 3.63) is 24.3 Å². The Kier molecular flexibility index (Phi) is 4.90. The lowest BCUT2D eigenvalue weighted by atomic mass is 9.90. The lowest BCUT2D eigenvalue weighted by Crippen LogP contribution is -2.43. The summed E-state index contributed by atoms with van der Waals surface area (Å²) < 4.78 is 10.6. The molecule has 1 heterocycles. The van der Waals surface area contributed by atoms with Gasteiger partial charge in [0.05, 0.1) is 26.4 Å². The standard InChI is InChI=1S/C13H20O3/c1-4-5-12(14)11(2)6-7-15-8-13(3)9-16-10-13/h4,6H,1,5,7-10H2,2-3H3/b11-6+. The van der Waals surface area contributed by atoms with Gasteiger partial charge in [0, 0.05) is 11.8 Å². The first kappa shape index (κ1) is 13.1. The smallest absolute Gasteiger partial charge is 0.162 e. The van der Waals surface area contributed by atoms with Crippen molar-refractivity contribution in [2.45, 2.75) is 20.3 Å². The molecule has 0 aliphatic carbocycles. The number of hydrogen-bond donors (Lipinski definition) is 0. The largest absolute Gasteiger partial charge is 0.380 e. The average Bonchev–Trinajstić information content (AvgIpc) is 2.22. The fourth-order valence-corrected chi connectivity index (χ4v) is 1.43. The maximum atomic E-state index is 11.4. The Morgan fingerprint density at radius 3 is 2.75 bits per heavy atom. The highest BCUT2D eigenvalue weighted by Gasteiger charge is 2.33. The van der Waals surface area contributed by atoms with Gasteiger partial charge in [0.1, 0.15) is 0 Å². The molecule has 0 radical (unpaired) electrons. The molecule has 0 amide bonds. The number of carbonyl (C=O) groups excluding carboxylic acids is 1. The zero-order valence-electron chi connectivity index (χ0n) is 10.1. The van der Waals surface area contributed by atoms with Crippen LogP contribution >= 0.6 is 0 Å². The molecule has 1 aliphatic heterocycles. The molecule has 0 spiro atoms. The van der Waals surface area contributed by atoms with Crippen LogP contribution in [0.15, 0.2) is 24.3 Å². The van der Waals surface area contributed by atoms with Crippen molar-refractivity contribution in [1.82, 2.24) is 0 Å². The minimum absolute atomic E-state index is 0.108. The van der Waals surface area contributed by atoms with Crippen LogP contribution in [0.5, 0.6) is 0 Å². The molecule has 0 atom stereocenters. The Labute approximate surface area is 97.1 Å². The first-order valence-corrected chi connectivity index (χ1v) is 5.54. The van der Waals surface area contributed by atoms with Crippen LogP contribution in [0.3, 0.4) is 0 Å². The normalized spacial score (nSPS) is 19.0. The third-order valence-electron chi connectivity index (χ3n) is 2.63. The molecule has 1 rings (SSSR count). The van der Waals surface area contributed by atoms with E-state index in [9.17, 15) is 4.79 Å². The summed E-state index contributed by atoms with van der Waals surface area (Å²) in [6.45, 7) is 10.2. The summed E-state index contributed by atoms with van der Waals surface area (Å²) in [5.74, 6) is 0.108. The maximum absolute atomic E-state index is 11.4. The van der Waals surface area contributed by atoms with Gasteiger partial charge in [-0.2, -0.15) is 0 Å². The van der Waals surface area contributed by atoms with Gasteiger partial charge in [-0.25, -0.2) is 0 Å². The second-order valence-corrected chi connectivity index (χ2v) is 4.62. The van der Waals surface area contributed by atoms with Crippen LogP contribution in [-0.4, -0.2) is 32.2 Å². The highest BCUT2D eigenvalue weighted by Crippen LogP contribution is 2.26. The van der Waals surface area contributed by atoms with E-state index in [4.69, 9.17) is 9.47 Å². The Balaban J connectivity index is 2.20. The highest BCUT2D eigenvalue weighted by atomic mass is 16.5. The van der Waals surface area contributed by atoms with Crippen molar-refractivity contribution in [3.8, 4) is 0 Å². The molecule has 0 aromatic rings. The minimum Gasteiger partial charge on any atom is -0.380 e. The number of ketones is 1. The van der Waals surface area contributed by atoms with E-state index in [0.29, 0.717) is 19.6 Å². The monoisotopic (exact) mass is 224 g/mol. The van der Waals surface area contributed by atoms with Crippen LogP contribution in [-0.2, 0) is 14.3 Å². The van der Waals surface area contributed by atoms with Gasteiger partial charge in [0.15, 0.2) is 5.78 Å². The highest BCUT2D eigenvalue weighted by molar-refractivity contribution is 5.95. The molecule has 0 bridgehead atoms. The number of ether oxygens (including phenoxy) is 2. The lowest BCUT2D eigenvalue weighted by Gasteiger charge is -2.37. The molecule has 0 unspecified atom stereocenters. The average molecular weight is 224 g/mol. The van der Waals surface area contributed by atoms with Crippen LogP contribution in [0.2, 0.25) is 0 Å². The molecule has 0 aromatic heterocycles. The number of carbonyl (C=O) groups is 1. The number of Topliss-reactive ketones (excluding diaryl/α,β-unsaturated/α-hetero) is 1. The van der Waals surface area contributed by atoms with Crippen molar-refractivity contribution in [2.24, 2.45) is 5.41 Å². The van der Waals surface area contributed by atoms with Gasteiger partial charge in [0.2, 0.25) is 0 Å².